The van der Waals surface area contributed by atoms with Gasteiger partial charge in [-0.25, -0.2) is 4.39 Å². The summed E-state index contributed by atoms with van der Waals surface area (Å²) in [4.78, 5) is 0. The number of nitrogens with one attached hydrogen (secondary N) is 1. The normalized spacial score (nSPS) is 10.8. The van der Waals surface area contributed by atoms with Crippen molar-refractivity contribution in [3.05, 3.63) is 57.8 Å². The quantitative estimate of drug-likeness (QED) is 0.679. The number of hydrogen-bond acceptors (Lipinski definition) is 2. The Labute approximate surface area is 134 Å². The second-order valence-electron chi connectivity index (χ2n) is 4.46. The van der Waals surface area contributed by atoms with Gasteiger partial charge in [0.05, 0.1) is 11.3 Å². The highest BCUT2D eigenvalue weighted by molar-refractivity contribution is 9.10. The van der Waals surface area contributed by atoms with E-state index in [0.29, 0.717) is 27.7 Å². The number of nitrogens with zero attached hydrogens (tertiary/aromatic N) is 1. The van der Waals surface area contributed by atoms with Gasteiger partial charge in [0.15, 0.2) is 5.82 Å². The molecule has 0 amide bonds. The van der Waals surface area contributed by atoms with Crippen LogP contribution in [0, 0.1) is 5.82 Å². The molecule has 0 unspecified atom stereocenters. The summed E-state index contributed by atoms with van der Waals surface area (Å²) in [6.45, 7) is 0. The molecular weight excluding hydrogens is 357 g/mol. The summed E-state index contributed by atoms with van der Waals surface area (Å²) in [5.41, 5.74) is 8.61. The van der Waals surface area contributed by atoms with E-state index in [0.717, 1.165) is 10.0 Å². The first-order valence-corrected chi connectivity index (χ1v) is 7.29. The minimum absolute atomic E-state index is 0.314. The molecular formula is C15H10BrClFN3. The van der Waals surface area contributed by atoms with Gasteiger partial charge in [-0.15, -0.1) is 0 Å². The summed E-state index contributed by atoms with van der Waals surface area (Å²) in [7, 11) is 0. The molecule has 6 heteroatoms. The van der Waals surface area contributed by atoms with Crippen molar-refractivity contribution >= 4 is 33.3 Å². The zero-order valence-electron chi connectivity index (χ0n) is 10.7. The average Bonchev–Trinajstić information content (AvgIpc) is 2.84. The maximum Gasteiger partial charge on any atom is 0.153 e. The van der Waals surface area contributed by atoms with E-state index in [1.54, 1.807) is 12.1 Å². The molecule has 0 atom stereocenters. The Morgan fingerprint density at radius 2 is 1.90 bits per heavy atom. The van der Waals surface area contributed by atoms with Crippen LogP contribution in [0.2, 0.25) is 5.02 Å². The zero-order chi connectivity index (χ0) is 15.0. The number of anilines is 1. The second-order valence-corrected chi connectivity index (χ2v) is 5.72. The zero-order valence-corrected chi connectivity index (χ0v) is 13.0. The number of nitrogen functional groups attached to an aromatic ring is 1. The minimum Gasteiger partial charge on any atom is -0.382 e. The number of aromatic amines is 1. The number of hydrogen-bond donors (Lipinski definition) is 2. The van der Waals surface area contributed by atoms with Crippen molar-refractivity contribution in [2.75, 3.05) is 5.73 Å². The van der Waals surface area contributed by atoms with Crippen LogP contribution in [0.1, 0.15) is 0 Å². The van der Waals surface area contributed by atoms with Crippen LogP contribution in [0.15, 0.2) is 46.9 Å². The Balaban J connectivity index is 2.27. The first-order valence-electron chi connectivity index (χ1n) is 6.12. The summed E-state index contributed by atoms with van der Waals surface area (Å²) in [5.74, 6) is -0.0271. The van der Waals surface area contributed by atoms with Gasteiger partial charge < -0.3 is 5.73 Å². The summed E-state index contributed by atoms with van der Waals surface area (Å²) < 4.78 is 14.3. The van der Waals surface area contributed by atoms with Gasteiger partial charge in [-0.1, -0.05) is 45.7 Å². The van der Waals surface area contributed by atoms with E-state index in [2.05, 4.69) is 26.1 Å². The molecule has 1 heterocycles. The number of rotatable bonds is 2. The smallest absolute Gasteiger partial charge is 0.153 e. The number of aromatic nitrogens is 2. The molecule has 3 aromatic rings. The first kappa shape index (κ1) is 14.1. The topological polar surface area (TPSA) is 54.7 Å². The molecule has 0 saturated heterocycles. The van der Waals surface area contributed by atoms with Crippen molar-refractivity contribution in [3.63, 3.8) is 0 Å². The maximum absolute atomic E-state index is 13.5. The van der Waals surface area contributed by atoms with E-state index < -0.39 is 0 Å². The fourth-order valence-corrected chi connectivity index (χ4v) is 2.85. The molecule has 0 bridgehead atoms. The van der Waals surface area contributed by atoms with Crippen molar-refractivity contribution in [3.8, 4) is 22.4 Å². The SMILES string of the molecule is Nc1n[nH]c(-c2cc(F)ccc2Br)c1-c1ccccc1Cl. The predicted octanol–water partition coefficient (Wildman–Crippen LogP) is 4.88. The molecule has 2 aromatic carbocycles. The number of nitrogens with two attached hydrogens (primary N) is 1. The number of halogens is 3. The summed E-state index contributed by atoms with van der Waals surface area (Å²) in [6.07, 6.45) is 0. The third-order valence-corrected chi connectivity index (χ3v) is 4.16. The number of H-pyrrole nitrogens is 1. The summed E-state index contributed by atoms with van der Waals surface area (Å²) >= 11 is 9.65. The van der Waals surface area contributed by atoms with E-state index in [1.165, 1.54) is 12.1 Å². The van der Waals surface area contributed by atoms with Crippen LogP contribution in [-0.2, 0) is 0 Å². The van der Waals surface area contributed by atoms with Gasteiger partial charge in [0.2, 0.25) is 0 Å². The highest BCUT2D eigenvalue weighted by Crippen LogP contribution is 2.40. The van der Waals surface area contributed by atoms with Crippen LogP contribution < -0.4 is 5.73 Å². The predicted molar refractivity (Wildman–Crippen MR) is 86.5 cm³/mol. The van der Waals surface area contributed by atoms with Gasteiger partial charge in [0, 0.05) is 20.6 Å². The van der Waals surface area contributed by atoms with E-state index in [1.807, 2.05) is 18.2 Å². The Kier molecular flexibility index (Phi) is 3.69. The van der Waals surface area contributed by atoms with Crippen molar-refractivity contribution in [2.45, 2.75) is 0 Å². The standard InChI is InChI=1S/C15H10BrClFN3/c16-11-6-5-8(18)7-10(11)14-13(15(19)21-20-14)9-3-1-2-4-12(9)17/h1-7H,(H3,19,20,21). The summed E-state index contributed by atoms with van der Waals surface area (Å²) in [6, 6.07) is 11.7. The first-order chi connectivity index (χ1) is 10.1. The van der Waals surface area contributed by atoms with Gasteiger partial charge in [-0.2, -0.15) is 5.10 Å². The highest BCUT2D eigenvalue weighted by atomic mass is 79.9. The molecule has 0 saturated carbocycles. The molecule has 21 heavy (non-hydrogen) atoms. The van der Waals surface area contributed by atoms with Crippen molar-refractivity contribution in [2.24, 2.45) is 0 Å². The van der Waals surface area contributed by atoms with Crippen LogP contribution in [-0.4, -0.2) is 10.2 Å². The van der Waals surface area contributed by atoms with Crippen LogP contribution >= 0.6 is 27.5 Å². The highest BCUT2D eigenvalue weighted by Gasteiger charge is 2.18. The Hall–Kier alpha value is -1.85. The Morgan fingerprint density at radius 1 is 1.14 bits per heavy atom. The van der Waals surface area contributed by atoms with Gasteiger partial charge in [0.1, 0.15) is 5.82 Å². The molecule has 106 valence electrons. The summed E-state index contributed by atoms with van der Waals surface area (Å²) in [5, 5.41) is 7.44. The fraction of sp³-hybridized carbons (Fsp3) is 0. The van der Waals surface area contributed by atoms with Crippen molar-refractivity contribution in [1.82, 2.24) is 10.2 Å². The molecule has 3 nitrogen and oxygen atoms in total. The Bertz CT molecular complexity index is 816. The van der Waals surface area contributed by atoms with E-state index >= 15 is 0 Å². The average molecular weight is 367 g/mol. The maximum atomic E-state index is 13.5. The monoisotopic (exact) mass is 365 g/mol. The molecule has 3 N–H and O–H groups in total. The van der Waals surface area contributed by atoms with Gasteiger partial charge in [-0.05, 0) is 24.3 Å². The lowest BCUT2D eigenvalue weighted by molar-refractivity contribution is 0.628. The molecule has 0 aliphatic carbocycles. The molecule has 0 fully saturated rings. The molecule has 0 spiro atoms. The van der Waals surface area contributed by atoms with Crippen LogP contribution in [0.4, 0.5) is 10.2 Å². The van der Waals surface area contributed by atoms with Crippen molar-refractivity contribution in [1.29, 1.82) is 0 Å². The van der Waals surface area contributed by atoms with Crippen LogP contribution in [0.25, 0.3) is 22.4 Å². The van der Waals surface area contributed by atoms with E-state index in [9.17, 15) is 4.39 Å². The second kappa shape index (κ2) is 5.50. The largest absolute Gasteiger partial charge is 0.382 e. The number of benzene rings is 2. The molecule has 0 aliphatic heterocycles. The minimum atomic E-state index is -0.341. The third kappa shape index (κ3) is 2.54. The van der Waals surface area contributed by atoms with Gasteiger partial charge in [0.25, 0.3) is 0 Å². The van der Waals surface area contributed by atoms with E-state index in [-0.39, 0.29) is 5.82 Å². The lowest BCUT2D eigenvalue weighted by Crippen LogP contribution is -1.90. The van der Waals surface area contributed by atoms with Crippen molar-refractivity contribution < 1.29 is 4.39 Å². The fourth-order valence-electron chi connectivity index (χ4n) is 2.18. The lowest BCUT2D eigenvalue weighted by atomic mass is 10.0. The third-order valence-electron chi connectivity index (χ3n) is 3.14. The van der Waals surface area contributed by atoms with Crippen LogP contribution in [0.3, 0.4) is 0 Å². The molecule has 1 aromatic heterocycles. The molecule has 3 rings (SSSR count). The van der Waals surface area contributed by atoms with Gasteiger partial charge in [-0.3, -0.25) is 5.10 Å². The lowest BCUT2D eigenvalue weighted by Gasteiger charge is -2.08. The Morgan fingerprint density at radius 3 is 2.67 bits per heavy atom. The van der Waals surface area contributed by atoms with Crippen LogP contribution in [0.5, 0.6) is 0 Å². The van der Waals surface area contributed by atoms with Gasteiger partial charge >= 0.3 is 0 Å². The molecule has 0 aliphatic rings. The molecule has 0 radical (unpaired) electrons. The van der Waals surface area contributed by atoms with E-state index in [4.69, 9.17) is 17.3 Å².